The van der Waals surface area contributed by atoms with Crippen LogP contribution in [0.15, 0.2) is 18.2 Å². The summed E-state index contributed by atoms with van der Waals surface area (Å²) in [5, 5.41) is 20.9. The van der Waals surface area contributed by atoms with Crippen LogP contribution in [0.4, 0.5) is 5.13 Å². The molecule has 2 aromatic rings. The second-order valence-corrected chi connectivity index (χ2v) is 5.59. The smallest absolute Gasteiger partial charge is 0.257 e. The van der Waals surface area contributed by atoms with Gasteiger partial charge < -0.3 is 5.11 Å². The zero-order chi connectivity index (χ0) is 12.4. The Morgan fingerprint density at radius 1 is 1.47 bits per heavy atom. The molecule has 0 atom stereocenters. The Morgan fingerprint density at radius 3 is 2.82 bits per heavy atom. The molecule has 0 unspecified atom stereocenters. The number of aromatic nitrogens is 2. The fourth-order valence-corrected chi connectivity index (χ4v) is 2.09. The first-order valence-corrected chi connectivity index (χ1v) is 6.56. The number of rotatable bonds is 2. The van der Waals surface area contributed by atoms with Crippen LogP contribution in [0.5, 0.6) is 5.75 Å². The van der Waals surface area contributed by atoms with Gasteiger partial charge in [-0.3, -0.25) is 10.1 Å². The van der Waals surface area contributed by atoms with E-state index in [0.717, 1.165) is 5.01 Å². The molecule has 2 N–H and O–H groups in total. The summed E-state index contributed by atoms with van der Waals surface area (Å²) in [5.41, 5.74) is 0.385. The zero-order valence-corrected chi connectivity index (χ0v) is 11.7. The van der Waals surface area contributed by atoms with Crippen molar-refractivity contribution in [2.75, 3.05) is 5.32 Å². The van der Waals surface area contributed by atoms with Crippen molar-refractivity contribution < 1.29 is 9.90 Å². The van der Waals surface area contributed by atoms with E-state index in [9.17, 15) is 9.90 Å². The number of nitrogens with zero attached hydrogens (tertiary/aromatic N) is 2. The Balaban J connectivity index is 2.17. The first-order chi connectivity index (χ1) is 8.06. The van der Waals surface area contributed by atoms with E-state index in [4.69, 9.17) is 0 Å². The van der Waals surface area contributed by atoms with E-state index in [1.165, 1.54) is 17.4 Å². The number of carbonyl (C=O) groups is 1. The van der Waals surface area contributed by atoms with Crippen LogP contribution in [0, 0.1) is 10.5 Å². The SMILES string of the molecule is Cc1nnc(NC(=O)c2ccc(I)c(O)c2)s1. The molecule has 7 heteroatoms. The summed E-state index contributed by atoms with van der Waals surface area (Å²) < 4.78 is 0.700. The number of carbonyl (C=O) groups excluding carboxylic acids is 1. The molecule has 1 heterocycles. The van der Waals surface area contributed by atoms with Crippen LogP contribution in [0.3, 0.4) is 0 Å². The van der Waals surface area contributed by atoms with E-state index < -0.39 is 0 Å². The molecule has 0 aliphatic carbocycles. The maximum atomic E-state index is 11.8. The van der Waals surface area contributed by atoms with Gasteiger partial charge in [-0.25, -0.2) is 0 Å². The maximum absolute atomic E-state index is 11.8. The molecule has 1 aromatic carbocycles. The third-order valence-electron chi connectivity index (χ3n) is 1.95. The highest BCUT2D eigenvalue weighted by Crippen LogP contribution is 2.21. The summed E-state index contributed by atoms with van der Waals surface area (Å²) in [7, 11) is 0. The van der Waals surface area contributed by atoms with Gasteiger partial charge in [-0.2, -0.15) is 0 Å². The van der Waals surface area contributed by atoms with Crippen molar-refractivity contribution in [3.8, 4) is 5.75 Å². The molecule has 0 bridgehead atoms. The van der Waals surface area contributed by atoms with Gasteiger partial charge in [-0.15, -0.1) is 10.2 Å². The third-order valence-corrected chi connectivity index (χ3v) is 3.62. The van der Waals surface area contributed by atoms with Gasteiger partial charge in [0.15, 0.2) is 0 Å². The minimum absolute atomic E-state index is 0.0895. The molecule has 5 nitrogen and oxygen atoms in total. The minimum Gasteiger partial charge on any atom is -0.507 e. The summed E-state index contributed by atoms with van der Waals surface area (Å²) in [4.78, 5) is 11.8. The van der Waals surface area contributed by atoms with E-state index in [-0.39, 0.29) is 11.7 Å². The molecule has 2 rings (SSSR count). The molecule has 0 radical (unpaired) electrons. The van der Waals surface area contributed by atoms with Gasteiger partial charge >= 0.3 is 0 Å². The number of benzene rings is 1. The maximum Gasteiger partial charge on any atom is 0.257 e. The van der Waals surface area contributed by atoms with E-state index in [1.54, 1.807) is 12.1 Å². The summed E-state index contributed by atoms with van der Waals surface area (Å²) in [5.74, 6) is -0.223. The van der Waals surface area contributed by atoms with Crippen LogP contribution in [0.1, 0.15) is 15.4 Å². The normalized spacial score (nSPS) is 10.2. The quantitative estimate of drug-likeness (QED) is 0.806. The number of nitrogens with one attached hydrogen (secondary N) is 1. The van der Waals surface area contributed by atoms with Gasteiger partial charge in [0, 0.05) is 5.56 Å². The van der Waals surface area contributed by atoms with Gasteiger partial charge in [0.2, 0.25) is 5.13 Å². The minimum atomic E-state index is -0.312. The van der Waals surface area contributed by atoms with E-state index in [0.29, 0.717) is 14.3 Å². The van der Waals surface area contributed by atoms with Crippen molar-refractivity contribution in [2.45, 2.75) is 6.92 Å². The lowest BCUT2D eigenvalue weighted by molar-refractivity contribution is 0.102. The summed E-state index contributed by atoms with van der Waals surface area (Å²) in [6, 6.07) is 4.74. The second-order valence-electron chi connectivity index (χ2n) is 3.25. The van der Waals surface area contributed by atoms with Gasteiger partial charge in [0.1, 0.15) is 10.8 Å². The number of hydrogen-bond acceptors (Lipinski definition) is 5. The highest BCUT2D eigenvalue weighted by Gasteiger charge is 2.10. The summed E-state index contributed by atoms with van der Waals surface area (Å²) >= 11 is 3.29. The van der Waals surface area contributed by atoms with Crippen LogP contribution in [-0.2, 0) is 0 Å². The number of aryl methyl sites for hydroxylation is 1. The van der Waals surface area contributed by atoms with Crippen LogP contribution in [0.2, 0.25) is 0 Å². The lowest BCUT2D eigenvalue weighted by Crippen LogP contribution is -2.11. The van der Waals surface area contributed by atoms with Crippen molar-refractivity contribution in [1.82, 2.24) is 10.2 Å². The van der Waals surface area contributed by atoms with Crippen LogP contribution >= 0.6 is 33.9 Å². The van der Waals surface area contributed by atoms with E-state index in [2.05, 4.69) is 15.5 Å². The number of amides is 1. The van der Waals surface area contributed by atoms with Crippen molar-refractivity contribution in [3.63, 3.8) is 0 Å². The monoisotopic (exact) mass is 361 g/mol. The molecule has 0 saturated carbocycles. The average molecular weight is 361 g/mol. The first-order valence-electron chi connectivity index (χ1n) is 4.66. The predicted octanol–water partition coefficient (Wildman–Crippen LogP) is 2.41. The molecule has 0 aliphatic rings. The number of hydrogen-bond donors (Lipinski definition) is 2. The van der Waals surface area contributed by atoms with Gasteiger partial charge in [0.05, 0.1) is 3.57 Å². The van der Waals surface area contributed by atoms with Crippen molar-refractivity contribution >= 4 is 45.0 Å². The summed E-state index contributed by atoms with van der Waals surface area (Å²) in [6.45, 7) is 1.81. The number of anilines is 1. The molecule has 0 aliphatic heterocycles. The number of phenols is 1. The molecule has 88 valence electrons. The first kappa shape index (κ1) is 12.2. The number of aromatic hydroxyl groups is 1. The Hall–Kier alpha value is -1.22. The Bertz CT molecular complexity index is 570. The number of phenolic OH excluding ortho intramolecular Hbond substituents is 1. The van der Waals surface area contributed by atoms with Crippen molar-refractivity contribution in [3.05, 3.63) is 32.3 Å². The lowest BCUT2D eigenvalue weighted by atomic mass is 10.2. The van der Waals surface area contributed by atoms with Gasteiger partial charge in [-0.05, 0) is 47.7 Å². The zero-order valence-electron chi connectivity index (χ0n) is 8.77. The van der Waals surface area contributed by atoms with E-state index >= 15 is 0 Å². The summed E-state index contributed by atoms with van der Waals surface area (Å²) in [6.07, 6.45) is 0. The average Bonchev–Trinajstić information content (AvgIpc) is 2.68. The highest BCUT2D eigenvalue weighted by atomic mass is 127. The Kier molecular flexibility index (Phi) is 3.57. The standard InChI is InChI=1S/C10H8IN3O2S/c1-5-13-14-10(17-5)12-9(16)6-2-3-7(11)8(15)4-6/h2-4,15H,1H3,(H,12,14,16). The van der Waals surface area contributed by atoms with Gasteiger partial charge in [0.25, 0.3) is 5.91 Å². The molecule has 1 amide bonds. The van der Waals surface area contributed by atoms with Crippen LogP contribution in [-0.4, -0.2) is 21.2 Å². The molecule has 17 heavy (non-hydrogen) atoms. The van der Waals surface area contributed by atoms with E-state index in [1.807, 2.05) is 29.5 Å². The fraction of sp³-hybridized carbons (Fsp3) is 0.100. The molecular formula is C10H8IN3O2S. The third kappa shape index (κ3) is 2.91. The molecule has 0 fully saturated rings. The Morgan fingerprint density at radius 2 is 2.24 bits per heavy atom. The Labute approximate surface area is 115 Å². The molecule has 0 saturated heterocycles. The van der Waals surface area contributed by atoms with Crippen LogP contribution < -0.4 is 5.32 Å². The topological polar surface area (TPSA) is 75.1 Å². The predicted molar refractivity (Wildman–Crippen MR) is 73.4 cm³/mol. The number of halogens is 1. The largest absolute Gasteiger partial charge is 0.507 e. The molecule has 0 spiro atoms. The molecular weight excluding hydrogens is 353 g/mol. The van der Waals surface area contributed by atoms with Crippen molar-refractivity contribution in [2.24, 2.45) is 0 Å². The fourth-order valence-electron chi connectivity index (χ4n) is 1.17. The van der Waals surface area contributed by atoms with Crippen LogP contribution in [0.25, 0.3) is 0 Å². The van der Waals surface area contributed by atoms with Gasteiger partial charge in [-0.1, -0.05) is 11.3 Å². The highest BCUT2D eigenvalue weighted by molar-refractivity contribution is 14.1. The second kappa shape index (κ2) is 4.96. The molecule has 1 aromatic heterocycles. The van der Waals surface area contributed by atoms with Crippen molar-refractivity contribution in [1.29, 1.82) is 0 Å². The lowest BCUT2D eigenvalue weighted by Gasteiger charge is -2.02.